The highest BCUT2D eigenvalue weighted by Crippen LogP contribution is 2.23. The van der Waals surface area contributed by atoms with Gasteiger partial charge in [-0.2, -0.15) is 9.61 Å². The lowest BCUT2D eigenvalue weighted by molar-refractivity contribution is -0.123. The summed E-state index contributed by atoms with van der Waals surface area (Å²) >= 11 is 0. The highest BCUT2D eigenvalue weighted by atomic mass is 16.3. The van der Waals surface area contributed by atoms with E-state index in [1.807, 2.05) is 6.07 Å². The van der Waals surface area contributed by atoms with Crippen molar-refractivity contribution in [2.24, 2.45) is 4.99 Å². The molecule has 12 nitrogen and oxygen atoms in total. The number of nitrogens with zero attached hydrogens (tertiary/aromatic N) is 5. The fourth-order valence-corrected chi connectivity index (χ4v) is 5.46. The molecule has 1 aliphatic heterocycles. The smallest absolute Gasteiger partial charge is 0.326 e. The van der Waals surface area contributed by atoms with Gasteiger partial charge in [-0.05, 0) is 70.5 Å². The number of aromatic nitrogens is 5. The molecular weight excluding hydrogens is 486 g/mol. The quantitative estimate of drug-likeness (QED) is 0.301. The number of rotatable bonds is 7. The number of imidazole rings is 1. The van der Waals surface area contributed by atoms with E-state index in [1.54, 1.807) is 16.8 Å². The fourth-order valence-electron chi connectivity index (χ4n) is 5.46. The molecule has 0 unspecified atom stereocenters. The number of amides is 1. The lowest BCUT2D eigenvalue weighted by Gasteiger charge is -2.31. The zero-order chi connectivity index (χ0) is 26.1. The van der Waals surface area contributed by atoms with Crippen LogP contribution in [0.5, 0.6) is 5.88 Å². The Hall–Kier alpha value is -3.67. The predicted octanol–water partition coefficient (Wildman–Crippen LogP) is 0.387. The van der Waals surface area contributed by atoms with Gasteiger partial charge in [-0.25, -0.2) is 9.78 Å². The van der Waals surface area contributed by atoms with E-state index in [0.717, 1.165) is 62.9 Å². The summed E-state index contributed by atoms with van der Waals surface area (Å²) in [6.07, 6.45) is 12.8. The SMILES string of the molecule is O=C(CN1CCCCC1)NC1CCC(Nc2cc(=NC3CC3)n3ncc(=Cc4[nH]c(=O)[nH]c4O)c3n2)CC1. The molecule has 38 heavy (non-hydrogen) atoms. The van der Waals surface area contributed by atoms with Gasteiger partial charge >= 0.3 is 5.69 Å². The minimum atomic E-state index is -0.483. The molecule has 1 amide bonds. The van der Waals surface area contributed by atoms with Gasteiger partial charge in [0.2, 0.25) is 11.8 Å². The minimum absolute atomic E-state index is 0.140. The van der Waals surface area contributed by atoms with Crippen LogP contribution in [0.1, 0.15) is 63.5 Å². The summed E-state index contributed by atoms with van der Waals surface area (Å²) in [6, 6.07) is 2.70. The van der Waals surface area contributed by atoms with Crippen molar-refractivity contribution in [1.82, 2.24) is 34.8 Å². The summed E-state index contributed by atoms with van der Waals surface area (Å²) in [6.45, 7) is 2.56. The average molecular weight is 522 g/mol. The van der Waals surface area contributed by atoms with E-state index in [4.69, 9.17) is 9.98 Å². The van der Waals surface area contributed by atoms with Gasteiger partial charge in [0.15, 0.2) is 11.1 Å². The third-order valence-corrected chi connectivity index (χ3v) is 7.64. The molecule has 0 spiro atoms. The van der Waals surface area contributed by atoms with Crippen molar-refractivity contribution in [2.45, 2.75) is 75.9 Å². The summed E-state index contributed by atoms with van der Waals surface area (Å²) in [4.78, 5) is 40.9. The zero-order valence-corrected chi connectivity index (χ0v) is 21.4. The Labute approximate surface area is 219 Å². The third kappa shape index (κ3) is 5.74. The summed E-state index contributed by atoms with van der Waals surface area (Å²) in [5.41, 5.74) is 1.11. The molecule has 1 saturated heterocycles. The first-order valence-electron chi connectivity index (χ1n) is 13.7. The van der Waals surface area contributed by atoms with Crippen molar-refractivity contribution in [3.05, 3.63) is 39.1 Å². The number of fused-ring (bicyclic) bond motifs is 1. The predicted molar refractivity (Wildman–Crippen MR) is 142 cm³/mol. The van der Waals surface area contributed by atoms with Crippen molar-refractivity contribution in [3.8, 4) is 5.88 Å². The fraction of sp³-hybridized carbons (Fsp3) is 0.577. The number of hydrogen-bond acceptors (Lipinski definition) is 8. The van der Waals surface area contributed by atoms with E-state index in [-0.39, 0.29) is 29.6 Å². The van der Waals surface area contributed by atoms with Crippen LogP contribution >= 0.6 is 0 Å². The number of carbonyl (C=O) groups excluding carboxylic acids is 1. The standard InChI is InChI=1S/C26H35N9O3/c36-23(15-34-10-2-1-3-11-34)30-19-8-4-17(5-9-19)28-21-13-22(29-18-6-7-18)35-24(32-21)16(14-27-35)12-20-25(37)33-26(38)31-20/h12-14,17-19,28,37H,1-11,15H2,(H,30,36)(H2,31,33,38). The lowest BCUT2D eigenvalue weighted by Crippen LogP contribution is -2.45. The van der Waals surface area contributed by atoms with Gasteiger partial charge in [0.05, 0.1) is 18.8 Å². The molecule has 2 saturated carbocycles. The normalized spacial score (nSPS) is 23.7. The highest BCUT2D eigenvalue weighted by Gasteiger charge is 2.24. The van der Waals surface area contributed by atoms with Gasteiger partial charge < -0.3 is 20.7 Å². The molecule has 5 N–H and O–H groups in total. The third-order valence-electron chi connectivity index (χ3n) is 7.64. The number of aromatic hydroxyl groups is 1. The largest absolute Gasteiger partial charge is 0.493 e. The van der Waals surface area contributed by atoms with Crippen LogP contribution in [0.15, 0.2) is 22.1 Å². The maximum atomic E-state index is 12.5. The van der Waals surface area contributed by atoms with Crippen molar-refractivity contribution in [2.75, 3.05) is 25.0 Å². The van der Waals surface area contributed by atoms with Gasteiger partial charge in [0.1, 0.15) is 11.5 Å². The van der Waals surface area contributed by atoms with Crippen LogP contribution in [-0.2, 0) is 4.79 Å². The van der Waals surface area contributed by atoms with Gasteiger partial charge in [-0.15, -0.1) is 0 Å². The van der Waals surface area contributed by atoms with Crippen molar-refractivity contribution >= 4 is 23.4 Å². The molecule has 202 valence electrons. The summed E-state index contributed by atoms with van der Waals surface area (Å²) in [7, 11) is 0. The van der Waals surface area contributed by atoms with Gasteiger partial charge in [0.25, 0.3) is 0 Å². The van der Waals surface area contributed by atoms with Gasteiger partial charge in [-0.3, -0.25) is 19.7 Å². The van der Waals surface area contributed by atoms with Crippen molar-refractivity contribution in [3.63, 3.8) is 0 Å². The first-order chi connectivity index (χ1) is 18.5. The van der Waals surface area contributed by atoms with Crippen LogP contribution < -0.4 is 27.0 Å². The van der Waals surface area contributed by atoms with Crippen LogP contribution in [-0.4, -0.2) is 78.2 Å². The molecule has 0 aromatic carbocycles. The number of piperidine rings is 1. The Morgan fingerprint density at radius 1 is 1.11 bits per heavy atom. The topological polar surface area (TPSA) is 156 Å². The number of hydrogen-bond donors (Lipinski definition) is 5. The van der Waals surface area contributed by atoms with Crippen LogP contribution in [0.3, 0.4) is 0 Å². The molecule has 6 rings (SSSR count). The molecule has 0 atom stereocenters. The summed E-state index contributed by atoms with van der Waals surface area (Å²) in [5, 5.41) is 21.9. The van der Waals surface area contributed by atoms with E-state index in [9.17, 15) is 14.7 Å². The maximum Gasteiger partial charge on any atom is 0.326 e. The lowest BCUT2D eigenvalue weighted by atomic mass is 9.91. The van der Waals surface area contributed by atoms with Crippen molar-refractivity contribution < 1.29 is 9.90 Å². The molecular formula is C26H35N9O3. The van der Waals surface area contributed by atoms with Crippen molar-refractivity contribution in [1.29, 1.82) is 0 Å². The van der Waals surface area contributed by atoms with E-state index < -0.39 is 5.69 Å². The molecule has 3 aromatic rings. The van der Waals surface area contributed by atoms with Crippen LogP contribution in [0, 0.1) is 0 Å². The van der Waals surface area contributed by atoms with Crippen LogP contribution in [0.25, 0.3) is 11.7 Å². The zero-order valence-electron chi connectivity index (χ0n) is 21.4. The van der Waals surface area contributed by atoms with Crippen LogP contribution in [0.4, 0.5) is 5.82 Å². The molecule has 3 aromatic heterocycles. The Morgan fingerprint density at radius 3 is 2.58 bits per heavy atom. The number of anilines is 1. The first-order valence-corrected chi connectivity index (χ1v) is 13.7. The van der Waals surface area contributed by atoms with Gasteiger partial charge in [0, 0.05) is 23.4 Å². The first kappa shape index (κ1) is 24.7. The molecule has 3 aliphatic rings. The second-order valence-corrected chi connectivity index (χ2v) is 10.8. The van der Waals surface area contributed by atoms with E-state index in [2.05, 4.69) is 30.6 Å². The molecule has 12 heteroatoms. The maximum absolute atomic E-state index is 12.5. The minimum Gasteiger partial charge on any atom is -0.493 e. The Morgan fingerprint density at radius 2 is 1.87 bits per heavy atom. The van der Waals surface area contributed by atoms with Crippen LogP contribution in [0.2, 0.25) is 0 Å². The number of H-pyrrole nitrogens is 2. The van der Waals surface area contributed by atoms with E-state index in [1.165, 1.54) is 19.3 Å². The van der Waals surface area contributed by atoms with Gasteiger partial charge in [-0.1, -0.05) is 6.42 Å². The Balaban J connectivity index is 1.15. The monoisotopic (exact) mass is 521 g/mol. The highest BCUT2D eigenvalue weighted by molar-refractivity contribution is 5.78. The molecule has 4 heterocycles. The summed E-state index contributed by atoms with van der Waals surface area (Å²) < 4.78 is 1.70. The number of nitrogens with one attached hydrogen (secondary N) is 4. The number of aromatic amines is 2. The van der Waals surface area contributed by atoms with E-state index >= 15 is 0 Å². The average Bonchev–Trinajstić information content (AvgIpc) is 3.54. The summed E-state index contributed by atoms with van der Waals surface area (Å²) in [5.74, 6) is 0.629. The second kappa shape index (κ2) is 10.6. The molecule has 0 bridgehead atoms. The molecule has 2 aliphatic carbocycles. The molecule has 0 radical (unpaired) electrons. The Kier molecular flexibility index (Phi) is 6.88. The second-order valence-electron chi connectivity index (χ2n) is 10.8. The van der Waals surface area contributed by atoms with E-state index in [0.29, 0.717) is 23.5 Å². The Bertz CT molecular complexity index is 1470. The number of likely N-dealkylation sites (tertiary alicyclic amines) is 1. The number of carbonyl (C=O) groups is 1. The molecule has 3 fully saturated rings.